The maximum atomic E-state index is 12.1. The van der Waals surface area contributed by atoms with Crippen LogP contribution in [0.1, 0.15) is 17.9 Å². The quantitative estimate of drug-likeness (QED) is 0.527. The number of carboxylic acids is 1. The third-order valence-corrected chi connectivity index (χ3v) is 4.96. The van der Waals surface area contributed by atoms with E-state index >= 15 is 0 Å². The predicted octanol–water partition coefficient (Wildman–Crippen LogP) is 0.793. The summed E-state index contributed by atoms with van der Waals surface area (Å²) in [6.07, 6.45) is 0.0715. The molecule has 1 heterocycles. The van der Waals surface area contributed by atoms with E-state index in [1.807, 2.05) is 0 Å². The van der Waals surface area contributed by atoms with Crippen LogP contribution in [0.2, 0.25) is 5.02 Å². The first kappa shape index (κ1) is 19.6. The van der Waals surface area contributed by atoms with Gasteiger partial charge in [0.15, 0.2) is 0 Å². The van der Waals surface area contributed by atoms with Crippen molar-refractivity contribution in [3.05, 3.63) is 34.9 Å². The van der Waals surface area contributed by atoms with E-state index in [1.165, 1.54) is 0 Å². The topological polar surface area (TPSA) is 108 Å². The fourth-order valence-corrected chi connectivity index (χ4v) is 3.49. The summed E-state index contributed by atoms with van der Waals surface area (Å²) < 4.78 is 0. The van der Waals surface area contributed by atoms with Crippen LogP contribution >= 0.6 is 23.4 Å². The van der Waals surface area contributed by atoms with E-state index in [2.05, 4.69) is 16.0 Å². The standard InChI is InChI=1S/C16H20ClN3O4S/c17-12-3-1-10(2-4-12)11(5-14(21)18-7-15(22)23)6-19-16(24)13-8-25-9-20-13/h1-4,11,13,20H,5-9H2,(H,18,21)(H,19,24)(H,22,23)/t11?,13-/m0/s1. The lowest BCUT2D eigenvalue weighted by atomic mass is 9.95. The molecule has 1 aliphatic heterocycles. The van der Waals surface area contributed by atoms with Gasteiger partial charge in [0.1, 0.15) is 6.54 Å². The van der Waals surface area contributed by atoms with Crippen molar-refractivity contribution in [1.82, 2.24) is 16.0 Å². The Morgan fingerprint density at radius 1 is 1.28 bits per heavy atom. The van der Waals surface area contributed by atoms with Gasteiger partial charge in [0.25, 0.3) is 0 Å². The van der Waals surface area contributed by atoms with Crippen molar-refractivity contribution in [3.8, 4) is 0 Å². The molecular weight excluding hydrogens is 366 g/mol. The van der Waals surface area contributed by atoms with Crippen LogP contribution in [-0.2, 0) is 14.4 Å². The molecule has 0 radical (unpaired) electrons. The lowest BCUT2D eigenvalue weighted by Crippen LogP contribution is -2.43. The Kier molecular flexibility index (Phi) is 7.54. The van der Waals surface area contributed by atoms with Gasteiger partial charge in [0.2, 0.25) is 11.8 Å². The summed E-state index contributed by atoms with van der Waals surface area (Å²) in [7, 11) is 0. The lowest BCUT2D eigenvalue weighted by molar-refractivity contribution is -0.138. The molecule has 0 aromatic heterocycles. The number of aliphatic carboxylic acids is 1. The molecule has 0 spiro atoms. The van der Waals surface area contributed by atoms with Gasteiger partial charge >= 0.3 is 5.97 Å². The second-order valence-corrected chi connectivity index (χ2v) is 7.11. The van der Waals surface area contributed by atoms with Gasteiger partial charge in [-0.1, -0.05) is 23.7 Å². The number of carboxylic acid groups (broad SMARTS) is 1. The Labute approximate surface area is 154 Å². The number of hydrogen-bond acceptors (Lipinski definition) is 5. The summed E-state index contributed by atoms with van der Waals surface area (Å²) in [6, 6.07) is 6.81. The number of thioether (sulfide) groups is 1. The van der Waals surface area contributed by atoms with Gasteiger partial charge in [-0.3, -0.25) is 19.7 Å². The van der Waals surface area contributed by atoms with Gasteiger partial charge in [0, 0.05) is 35.5 Å². The highest BCUT2D eigenvalue weighted by Crippen LogP contribution is 2.21. The summed E-state index contributed by atoms with van der Waals surface area (Å²) in [5.74, 6) is -0.396. The van der Waals surface area contributed by atoms with E-state index in [-0.39, 0.29) is 36.7 Å². The van der Waals surface area contributed by atoms with Crippen LogP contribution < -0.4 is 16.0 Å². The molecule has 1 unspecified atom stereocenters. The molecule has 2 rings (SSSR count). The lowest BCUT2D eigenvalue weighted by Gasteiger charge is -2.19. The minimum atomic E-state index is -1.10. The van der Waals surface area contributed by atoms with Crippen molar-refractivity contribution < 1.29 is 19.5 Å². The Morgan fingerprint density at radius 2 is 2.00 bits per heavy atom. The second-order valence-electron chi connectivity index (χ2n) is 5.64. The van der Waals surface area contributed by atoms with E-state index in [4.69, 9.17) is 16.7 Å². The predicted molar refractivity (Wildman–Crippen MR) is 96.7 cm³/mol. The molecule has 1 aromatic rings. The Balaban J connectivity index is 1.98. The zero-order valence-electron chi connectivity index (χ0n) is 13.5. The van der Waals surface area contributed by atoms with E-state index in [0.717, 1.165) is 17.2 Å². The molecule has 1 aromatic carbocycles. The molecule has 1 saturated heterocycles. The van der Waals surface area contributed by atoms with Crippen molar-refractivity contribution in [1.29, 1.82) is 0 Å². The first-order valence-corrected chi connectivity index (χ1v) is 9.31. The van der Waals surface area contributed by atoms with Gasteiger partial charge in [-0.2, -0.15) is 0 Å². The molecule has 0 bridgehead atoms. The Morgan fingerprint density at radius 3 is 2.60 bits per heavy atom. The third-order valence-electron chi connectivity index (χ3n) is 3.77. The number of halogens is 1. The number of amides is 2. The first-order valence-electron chi connectivity index (χ1n) is 7.78. The average Bonchev–Trinajstić information content (AvgIpc) is 3.12. The molecule has 0 aliphatic carbocycles. The second kappa shape index (κ2) is 9.65. The number of carbonyl (C=O) groups is 3. The van der Waals surface area contributed by atoms with Gasteiger partial charge in [-0.05, 0) is 17.7 Å². The van der Waals surface area contributed by atoms with E-state index in [9.17, 15) is 14.4 Å². The Hall–Kier alpha value is -1.77. The van der Waals surface area contributed by atoms with Crippen LogP contribution in [0.25, 0.3) is 0 Å². The minimum Gasteiger partial charge on any atom is -0.480 e. The van der Waals surface area contributed by atoms with Crippen molar-refractivity contribution in [3.63, 3.8) is 0 Å². The van der Waals surface area contributed by atoms with Crippen LogP contribution in [0, 0.1) is 0 Å². The van der Waals surface area contributed by atoms with Crippen molar-refractivity contribution >= 4 is 41.1 Å². The van der Waals surface area contributed by atoms with Gasteiger partial charge in [0.05, 0.1) is 6.04 Å². The zero-order chi connectivity index (χ0) is 18.2. The normalized spacial score (nSPS) is 17.7. The molecule has 4 N–H and O–H groups in total. The van der Waals surface area contributed by atoms with Crippen molar-refractivity contribution in [2.75, 3.05) is 24.7 Å². The minimum absolute atomic E-state index is 0.0715. The monoisotopic (exact) mass is 385 g/mol. The maximum Gasteiger partial charge on any atom is 0.322 e. The molecule has 1 fully saturated rings. The summed E-state index contributed by atoms with van der Waals surface area (Å²) in [5.41, 5.74) is 0.851. The summed E-state index contributed by atoms with van der Waals surface area (Å²) in [6.45, 7) is -0.147. The van der Waals surface area contributed by atoms with Gasteiger partial charge < -0.3 is 15.7 Å². The Bertz CT molecular complexity index is 620. The van der Waals surface area contributed by atoms with Gasteiger partial charge in [-0.15, -0.1) is 11.8 Å². The van der Waals surface area contributed by atoms with Crippen molar-refractivity contribution in [2.45, 2.75) is 18.4 Å². The number of benzene rings is 1. The van der Waals surface area contributed by atoms with Crippen molar-refractivity contribution in [2.24, 2.45) is 0 Å². The zero-order valence-corrected chi connectivity index (χ0v) is 15.0. The maximum absolute atomic E-state index is 12.1. The van der Waals surface area contributed by atoms with E-state index in [1.54, 1.807) is 36.0 Å². The van der Waals surface area contributed by atoms with Crippen LogP contribution in [0.15, 0.2) is 24.3 Å². The smallest absolute Gasteiger partial charge is 0.322 e. The molecule has 2 atom stereocenters. The van der Waals surface area contributed by atoms with Crippen LogP contribution in [0.3, 0.4) is 0 Å². The number of hydrogen-bond donors (Lipinski definition) is 4. The molecule has 0 saturated carbocycles. The van der Waals surface area contributed by atoms with E-state index < -0.39 is 12.5 Å². The molecule has 2 amide bonds. The highest BCUT2D eigenvalue weighted by molar-refractivity contribution is 7.99. The molecule has 25 heavy (non-hydrogen) atoms. The molecule has 136 valence electrons. The fraction of sp³-hybridized carbons (Fsp3) is 0.438. The summed E-state index contributed by atoms with van der Waals surface area (Å²) in [4.78, 5) is 34.7. The fourth-order valence-electron chi connectivity index (χ4n) is 2.42. The molecule has 7 nitrogen and oxygen atoms in total. The van der Waals surface area contributed by atoms with Gasteiger partial charge in [-0.25, -0.2) is 0 Å². The molecule has 9 heteroatoms. The van der Waals surface area contributed by atoms with Crippen LogP contribution in [0.5, 0.6) is 0 Å². The summed E-state index contributed by atoms with van der Waals surface area (Å²) in [5, 5.41) is 17.5. The first-order chi connectivity index (χ1) is 12.0. The SMILES string of the molecule is O=C(O)CNC(=O)CC(CNC(=O)[C@@H]1CSCN1)c1ccc(Cl)cc1. The molecular formula is C16H20ClN3O4S. The average molecular weight is 386 g/mol. The number of carbonyl (C=O) groups excluding carboxylic acids is 2. The van der Waals surface area contributed by atoms with Crippen LogP contribution in [-0.4, -0.2) is 53.7 Å². The highest BCUT2D eigenvalue weighted by Gasteiger charge is 2.24. The van der Waals surface area contributed by atoms with Crippen LogP contribution in [0.4, 0.5) is 0 Å². The van der Waals surface area contributed by atoms with E-state index in [0.29, 0.717) is 5.02 Å². The summed E-state index contributed by atoms with van der Waals surface area (Å²) >= 11 is 7.55. The number of nitrogens with one attached hydrogen (secondary N) is 3. The molecule has 1 aliphatic rings. The third kappa shape index (κ3) is 6.56. The number of rotatable bonds is 8. The largest absolute Gasteiger partial charge is 0.480 e. The highest BCUT2D eigenvalue weighted by atomic mass is 35.5.